The molecule has 10 nitrogen and oxygen atoms in total. The highest BCUT2D eigenvalue weighted by Crippen LogP contribution is 2.33. The van der Waals surface area contributed by atoms with Crippen molar-refractivity contribution in [2.75, 3.05) is 11.1 Å². The van der Waals surface area contributed by atoms with Gasteiger partial charge in [-0.25, -0.2) is 15.0 Å². The summed E-state index contributed by atoms with van der Waals surface area (Å²) < 4.78 is 7.25. The smallest absolute Gasteiger partial charge is 0.300 e. The molecule has 162 valence electrons. The quantitative estimate of drug-likeness (QED) is 0.407. The minimum Gasteiger partial charge on any atom is -0.423 e. The fourth-order valence-corrected chi connectivity index (χ4v) is 3.74. The van der Waals surface area contributed by atoms with Crippen LogP contribution in [-0.2, 0) is 0 Å². The molecule has 2 aromatic carbocycles. The molecule has 0 aliphatic heterocycles. The summed E-state index contributed by atoms with van der Waals surface area (Å²) in [5, 5.41) is 18.0. The van der Waals surface area contributed by atoms with Gasteiger partial charge in [0, 0.05) is 17.4 Å². The van der Waals surface area contributed by atoms with Crippen molar-refractivity contribution >= 4 is 39.7 Å². The topological polar surface area (TPSA) is 144 Å². The molecule has 0 saturated heterocycles. The number of nitrogens with zero attached hydrogens (tertiary/aromatic N) is 7. The second-order valence-corrected chi connectivity index (χ2v) is 7.39. The number of para-hydroxylation sites is 2. The number of aromatic nitrogens is 6. The van der Waals surface area contributed by atoms with Crippen molar-refractivity contribution in [3.63, 3.8) is 0 Å². The molecule has 10 heteroatoms. The lowest BCUT2D eigenvalue weighted by molar-refractivity contribution is 0.623. The molecule has 0 radical (unpaired) electrons. The second-order valence-electron chi connectivity index (χ2n) is 7.39. The molecule has 0 bridgehead atoms. The number of nitrogen functional groups attached to an aromatic ring is 1. The number of hydrogen-bond acceptors (Lipinski definition) is 9. The second kappa shape index (κ2) is 7.68. The largest absolute Gasteiger partial charge is 0.423 e. The van der Waals surface area contributed by atoms with Crippen molar-refractivity contribution in [1.29, 1.82) is 5.26 Å². The van der Waals surface area contributed by atoms with Gasteiger partial charge in [0.05, 0.1) is 10.9 Å². The third-order valence-electron chi connectivity index (χ3n) is 5.31. The predicted molar refractivity (Wildman–Crippen MR) is 126 cm³/mol. The van der Waals surface area contributed by atoms with E-state index >= 15 is 0 Å². The summed E-state index contributed by atoms with van der Waals surface area (Å²) in [6.07, 6.45) is 2.96. The van der Waals surface area contributed by atoms with Crippen LogP contribution in [0, 0.1) is 11.3 Å². The Balaban J connectivity index is 1.41. The van der Waals surface area contributed by atoms with Gasteiger partial charge in [0.2, 0.25) is 0 Å². The zero-order valence-corrected chi connectivity index (χ0v) is 17.5. The molecule has 0 spiro atoms. The van der Waals surface area contributed by atoms with E-state index in [-0.39, 0.29) is 5.82 Å². The maximum atomic E-state index is 9.52. The summed E-state index contributed by atoms with van der Waals surface area (Å²) in [5.74, 6) is 0.656. The van der Waals surface area contributed by atoms with Crippen molar-refractivity contribution in [3.05, 3.63) is 78.8 Å². The summed E-state index contributed by atoms with van der Waals surface area (Å²) in [5.41, 5.74) is 10.7. The molecule has 0 aliphatic carbocycles. The highest BCUT2D eigenvalue weighted by Gasteiger charge is 2.20. The first kappa shape index (κ1) is 19.4. The van der Waals surface area contributed by atoms with Crippen molar-refractivity contribution in [3.8, 4) is 23.1 Å². The van der Waals surface area contributed by atoms with Gasteiger partial charge in [0.1, 0.15) is 29.4 Å². The average Bonchev–Trinajstić information content (AvgIpc) is 3.46. The maximum absolute atomic E-state index is 9.52. The van der Waals surface area contributed by atoms with Crippen LogP contribution >= 0.6 is 0 Å². The van der Waals surface area contributed by atoms with E-state index in [1.807, 2.05) is 48.5 Å². The fourth-order valence-electron chi connectivity index (χ4n) is 3.74. The Bertz CT molecular complexity index is 1680. The molecule has 0 aliphatic rings. The van der Waals surface area contributed by atoms with Gasteiger partial charge < -0.3 is 15.5 Å². The molecule has 0 saturated carbocycles. The van der Waals surface area contributed by atoms with Crippen LogP contribution in [0.2, 0.25) is 0 Å². The fraction of sp³-hybridized carbons (Fsp3) is 0. The first-order chi connectivity index (χ1) is 16.7. The van der Waals surface area contributed by atoms with E-state index in [4.69, 9.17) is 15.2 Å². The number of nitrogens with one attached hydrogen (secondary N) is 1. The van der Waals surface area contributed by atoms with Crippen LogP contribution in [0.5, 0.6) is 0 Å². The zero-order chi connectivity index (χ0) is 23.1. The van der Waals surface area contributed by atoms with Crippen molar-refractivity contribution in [2.45, 2.75) is 0 Å². The number of hydrogen-bond donors (Lipinski definition) is 2. The number of nitrogens with two attached hydrogens (primary N) is 1. The van der Waals surface area contributed by atoms with E-state index in [2.05, 4.69) is 31.3 Å². The number of benzene rings is 2. The molecule has 4 aromatic heterocycles. The molecule has 6 aromatic rings. The third-order valence-corrected chi connectivity index (χ3v) is 5.31. The van der Waals surface area contributed by atoms with Gasteiger partial charge in [0.15, 0.2) is 17.0 Å². The summed E-state index contributed by atoms with van der Waals surface area (Å²) in [7, 11) is 0. The van der Waals surface area contributed by atoms with Crippen LogP contribution < -0.4 is 11.1 Å². The SMILES string of the molecule is N#Cc1cccnc1-n1nc(-c2ccc(Nc3nc4ccccc4o3)cc2)c2c(N)ncnc21. The van der Waals surface area contributed by atoms with Crippen molar-refractivity contribution < 1.29 is 4.42 Å². The molecule has 0 amide bonds. The Labute approximate surface area is 192 Å². The average molecular weight is 445 g/mol. The van der Waals surface area contributed by atoms with E-state index in [0.717, 1.165) is 16.8 Å². The van der Waals surface area contributed by atoms with Crippen LogP contribution in [0.4, 0.5) is 17.5 Å². The lowest BCUT2D eigenvalue weighted by Gasteiger charge is -2.04. The summed E-state index contributed by atoms with van der Waals surface area (Å²) in [6.45, 7) is 0. The molecular weight excluding hydrogens is 430 g/mol. The van der Waals surface area contributed by atoms with E-state index in [9.17, 15) is 5.26 Å². The lowest BCUT2D eigenvalue weighted by atomic mass is 10.1. The van der Waals surface area contributed by atoms with Crippen molar-refractivity contribution in [2.24, 2.45) is 0 Å². The van der Waals surface area contributed by atoms with Gasteiger partial charge in [-0.2, -0.15) is 20.0 Å². The first-order valence-electron chi connectivity index (χ1n) is 10.3. The normalized spacial score (nSPS) is 11.0. The molecular formula is C24H15N9O. The van der Waals surface area contributed by atoms with E-state index in [0.29, 0.717) is 39.7 Å². The Morgan fingerprint density at radius 1 is 0.971 bits per heavy atom. The Morgan fingerprint density at radius 2 is 1.82 bits per heavy atom. The van der Waals surface area contributed by atoms with Crippen LogP contribution in [0.1, 0.15) is 5.56 Å². The molecule has 34 heavy (non-hydrogen) atoms. The number of rotatable bonds is 4. The molecule has 0 fully saturated rings. The van der Waals surface area contributed by atoms with E-state index in [1.165, 1.54) is 11.0 Å². The minimum absolute atomic E-state index is 0.286. The standard InChI is InChI=1S/C24H15N9O/c25-12-15-4-3-11-27-22(15)33-23-19(21(26)28-13-29-23)20(32-33)14-7-9-16(10-8-14)30-24-31-17-5-1-2-6-18(17)34-24/h1-11,13H,(H,30,31)(H2,26,28,29). The molecule has 6 rings (SSSR count). The Kier molecular flexibility index (Phi) is 4.38. The monoisotopic (exact) mass is 445 g/mol. The van der Waals surface area contributed by atoms with Gasteiger partial charge in [-0.3, -0.25) is 0 Å². The number of oxazole rings is 1. The number of anilines is 3. The van der Waals surface area contributed by atoms with Gasteiger partial charge in [0.25, 0.3) is 6.01 Å². The minimum atomic E-state index is 0.286. The third kappa shape index (κ3) is 3.16. The van der Waals surface area contributed by atoms with Crippen molar-refractivity contribution in [1.82, 2.24) is 29.7 Å². The van der Waals surface area contributed by atoms with Crippen LogP contribution in [0.3, 0.4) is 0 Å². The highest BCUT2D eigenvalue weighted by molar-refractivity contribution is 5.99. The maximum Gasteiger partial charge on any atom is 0.300 e. The Morgan fingerprint density at radius 3 is 2.65 bits per heavy atom. The number of pyridine rings is 1. The van der Waals surface area contributed by atoms with E-state index < -0.39 is 0 Å². The summed E-state index contributed by atoms with van der Waals surface area (Å²) >= 11 is 0. The highest BCUT2D eigenvalue weighted by atomic mass is 16.4. The van der Waals surface area contributed by atoms with Crippen LogP contribution in [0.25, 0.3) is 39.2 Å². The van der Waals surface area contributed by atoms with Gasteiger partial charge in [-0.15, -0.1) is 0 Å². The number of fused-ring (bicyclic) bond motifs is 2. The predicted octanol–water partition coefficient (Wildman–Crippen LogP) is 4.22. The lowest BCUT2D eigenvalue weighted by Crippen LogP contribution is -2.03. The Hall–Kier alpha value is -5.30. The van der Waals surface area contributed by atoms with Gasteiger partial charge in [-0.05, 0) is 36.4 Å². The summed E-state index contributed by atoms with van der Waals surface area (Å²) in [4.78, 5) is 17.3. The first-order valence-corrected chi connectivity index (χ1v) is 10.3. The van der Waals surface area contributed by atoms with Gasteiger partial charge in [-0.1, -0.05) is 24.3 Å². The van der Waals surface area contributed by atoms with Crippen LogP contribution in [0.15, 0.2) is 77.6 Å². The van der Waals surface area contributed by atoms with E-state index in [1.54, 1.807) is 18.3 Å². The molecule has 0 unspecified atom stereocenters. The zero-order valence-electron chi connectivity index (χ0n) is 17.5. The van der Waals surface area contributed by atoms with Gasteiger partial charge >= 0.3 is 0 Å². The molecule has 0 atom stereocenters. The molecule has 3 N–H and O–H groups in total. The summed E-state index contributed by atoms with van der Waals surface area (Å²) in [6, 6.07) is 21.0. The number of nitriles is 1. The van der Waals surface area contributed by atoms with Crippen LogP contribution in [-0.4, -0.2) is 29.7 Å². The molecule has 4 heterocycles.